The van der Waals surface area contributed by atoms with E-state index >= 15 is 0 Å². The Bertz CT molecular complexity index is 746. The average molecular weight is 277 g/mol. The molecule has 3 aromatic rings. The highest BCUT2D eigenvalue weighted by Gasteiger charge is 2.13. The van der Waals surface area contributed by atoms with E-state index in [0.29, 0.717) is 5.75 Å². The van der Waals surface area contributed by atoms with Gasteiger partial charge in [0.15, 0.2) is 0 Å². The second kappa shape index (κ2) is 5.88. The fourth-order valence-electron chi connectivity index (χ4n) is 2.72. The van der Waals surface area contributed by atoms with Gasteiger partial charge in [-0.3, -0.25) is 0 Å². The van der Waals surface area contributed by atoms with Crippen LogP contribution in [0.25, 0.3) is 10.8 Å². The minimum atomic E-state index is 0.0945. The number of aromatic hydroxyl groups is 1. The molecule has 2 nitrogen and oxygen atoms in total. The molecule has 0 aromatic heterocycles. The van der Waals surface area contributed by atoms with Crippen molar-refractivity contribution in [3.63, 3.8) is 0 Å². The molecule has 0 aliphatic rings. The summed E-state index contributed by atoms with van der Waals surface area (Å²) in [6.45, 7) is 2.12. The second-order valence-corrected chi connectivity index (χ2v) is 5.19. The Hall–Kier alpha value is -2.48. The van der Waals surface area contributed by atoms with Crippen molar-refractivity contribution < 1.29 is 5.11 Å². The zero-order valence-corrected chi connectivity index (χ0v) is 12.1. The van der Waals surface area contributed by atoms with Crippen LogP contribution < -0.4 is 5.32 Å². The first-order valence-electron chi connectivity index (χ1n) is 7.32. The average Bonchev–Trinajstić information content (AvgIpc) is 2.53. The molecule has 2 heteroatoms. The van der Waals surface area contributed by atoms with E-state index in [1.54, 1.807) is 6.07 Å². The molecule has 1 atom stereocenters. The smallest absolute Gasteiger partial charge is 0.120 e. The molecule has 21 heavy (non-hydrogen) atoms. The molecule has 0 amide bonds. The standard InChI is InChI=1S/C19H19NO/c1-2-17(16-11-5-6-13-19(16)21)20-18-12-7-9-14-8-3-4-10-15(14)18/h3-13,17,20-21H,2H2,1H3. The van der Waals surface area contributed by atoms with Crippen molar-refractivity contribution >= 4 is 16.5 Å². The minimum absolute atomic E-state index is 0.0945. The van der Waals surface area contributed by atoms with Crippen molar-refractivity contribution in [1.29, 1.82) is 0 Å². The number of benzene rings is 3. The normalized spacial score (nSPS) is 12.2. The van der Waals surface area contributed by atoms with E-state index in [4.69, 9.17) is 0 Å². The van der Waals surface area contributed by atoms with Gasteiger partial charge in [0.25, 0.3) is 0 Å². The van der Waals surface area contributed by atoms with Crippen molar-refractivity contribution in [2.45, 2.75) is 19.4 Å². The largest absolute Gasteiger partial charge is 0.508 e. The van der Waals surface area contributed by atoms with E-state index < -0.39 is 0 Å². The summed E-state index contributed by atoms with van der Waals surface area (Å²) in [5, 5.41) is 16.1. The van der Waals surface area contributed by atoms with E-state index in [0.717, 1.165) is 17.7 Å². The van der Waals surface area contributed by atoms with Crippen LogP contribution in [0.3, 0.4) is 0 Å². The highest BCUT2D eigenvalue weighted by Crippen LogP contribution is 2.32. The number of hydrogen-bond donors (Lipinski definition) is 2. The third-order valence-corrected chi connectivity index (χ3v) is 3.84. The summed E-state index contributed by atoms with van der Waals surface area (Å²) in [5.41, 5.74) is 2.04. The number of phenols is 1. The zero-order chi connectivity index (χ0) is 14.7. The molecule has 0 fully saturated rings. The Balaban J connectivity index is 1.98. The van der Waals surface area contributed by atoms with Crippen molar-refractivity contribution in [2.75, 3.05) is 5.32 Å². The number of fused-ring (bicyclic) bond motifs is 1. The maximum Gasteiger partial charge on any atom is 0.120 e. The lowest BCUT2D eigenvalue weighted by Crippen LogP contribution is -2.10. The van der Waals surface area contributed by atoms with Crippen LogP contribution >= 0.6 is 0 Å². The number of anilines is 1. The van der Waals surface area contributed by atoms with E-state index in [1.165, 1.54) is 10.8 Å². The topological polar surface area (TPSA) is 32.3 Å². The van der Waals surface area contributed by atoms with Gasteiger partial charge in [-0.15, -0.1) is 0 Å². The van der Waals surface area contributed by atoms with Crippen LogP contribution in [0.5, 0.6) is 5.75 Å². The Kier molecular flexibility index (Phi) is 3.78. The van der Waals surface area contributed by atoms with Crippen LogP contribution in [0.2, 0.25) is 0 Å². The summed E-state index contributed by atoms with van der Waals surface area (Å²) in [4.78, 5) is 0. The molecule has 106 valence electrons. The summed E-state index contributed by atoms with van der Waals surface area (Å²) >= 11 is 0. The lowest BCUT2D eigenvalue weighted by Gasteiger charge is -2.21. The molecule has 0 spiro atoms. The predicted octanol–water partition coefficient (Wildman–Crippen LogP) is 5.11. The van der Waals surface area contributed by atoms with Gasteiger partial charge < -0.3 is 10.4 Å². The highest BCUT2D eigenvalue weighted by atomic mass is 16.3. The molecule has 3 aromatic carbocycles. The number of rotatable bonds is 4. The maximum absolute atomic E-state index is 10.1. The predicted molar refractivity (Wildman–Crippen MR) is 88.7 cm³/mol. The third-order valence-electron chi connectivity index (χ3n) is 3.84. The lowest BCUT2D eigenvalue weighted by molar-refractivity contribution is 0.463. The SMILES string of the molecule is CCC(Nc1cccc2ccccc12)c1ccccc1O. The second-order valence-electron chi connectivity index (χ2n) is 5.19. The fourth-order valence-corrected chi connectivity index (χ4v) is 2.72. The summed E-state index contributed by atoms with van der Waals surface area (Å²) in [6.07, 6.45) is 0.904. The van der Waals surface area contributed by atoms with Crippen LogP contribution in [0, 0.1) is 0 Å². The van der Waals surface area contributed by atoms with Gasteiger partial charge in [-0.25, -0.2) is 0 Å². The fraction of sp³-hybridized carbons (Fsp3) is 0.158. The van der Waals surface area contributed by atoms with Crippen LogP contribution in [0.15, 0.2) is 66.7 Å². The molecular weight excluding hydrogens is 258 g/mol. The van der Waals surface area contributed by atoms with Crippen LogP contribution in [0.1, 0.15) is 24.9 Å². The summed E-state index contributed by atoms with van der Waals surface area (Å²) < 4.78 is 0. The molecule has 1 unspecified atom stereocenters. The van der Waals surface area contributed by atoms with Crippen molar-refractivity contribution in [3.8, 4) is 5.75 Å². The first kappa shape index (κ1) is 13.5. The molecule has 0 heterocycles. The number of nitrogens with one attached hydrogen (secondary N) is 1. The third kappa shape index (κ3) is 2.70. The molecule has 3 rings (SSSR count). The Morgan fingerprint density at radius 1 is 0.905 bits per heavy atom. The van der Waals surface area contributed by atoms with Crippen molar-refractivity contribution in [1.82, 2.24) is 0 Å². The van der Waals surface area contributed by atoms with Gasteiger partial charge >= 0.3 is 0 Å². The molecule has 0 saturated carbocycles. The molecule has 0 saturated heterocycles. The maximum atomic E-state index is 10.1. The van der Waals surface area contributed by atoms with Gasteiger partial charge in [0.05, 0.1) is 6.04 Å². The van der Waals surface area contributed by atoms with Gasteiger partial charge in [-0.05, 0) is 23.9 Å². The molecule has 0 aliphatic carbocycles. The quantitative estimate of drug-likeness (QED) is 0.694. The van der Waals surface area contributed by atoms with E-state index in [1.807, 2.05) is 24.3 Å². The number of hydrogen-bond acceptors (Lipinski definition) is 2. The summed E-state index contributed by atoms with van der Waals surface area (Å²) in [6, 6.07) is 22.2. The molecule has 0 aliphatic heterocycles. The van der Waals surface area contributed by atoms with Crippen LogP contribution in [-0.2, 0) is 0 Å². The molecule has 0 radical (unpaired) electrons. The van der Waals surface area contributed by atoms with E-state index in [-0.39, 0.29) is 6.04 Å². The molecule has 0 bridgehead atoms. The summed E-state index contributed by atoms with van der Waals surface area (Å²) in [7, 11) is 0. The van der Waals surface area contributed by atoms with Gasteiger partial charge in [0.1, 0.15) is 5.75 Å². The minimum Gasteiger partial charge on any atom is -0.508 e. The molecular formula is C19H19NO. The Labute approximate surface area is 125 Å². The van der Waals surface area contributed by atoms with Gasteiger partial charge in [-0.2, -0.15) is 0 Å². The highest BCUT2D eigenvalue weighted by molar-refractivity contribution is 5.93. The zero-order valence-electron chi connectivity index (χ0n) is 12.1. The van der Waals surface area contributed by atoms with Gasteiger partial charge in [0.2, 0.25) is 0 Å². The lowest BCUT2D eigenvalue weighted by atomic mass is 10.0. The van der Waals surface area contributed by atoms with Crippen molar-refractivity contribution in [3.05, 3.63) is 72.3 Å². The first-order valence-corrected chi connectivity index (χ1v) is 7.32. The number of phenolic OH excluding ortho intramolecular Hbond substituents is 1. The van der Waals surface area contributed by atoms with Crippen LogP contribution in [0.4, 0.5) is 5.69 Å². The van der Waals surface area contributed by atoms with E-state index in [2.05, 4.69) is 48.6 Å². The van der Waals surface area contributed by atoms with Crippen molar-refractivity contribution in [2.24, 2.45) is 0 Å². The van der Waals surface area contributed by atoms with Gasteiger partial charge in [0, 0.05) is 16.6 Å². The van der Waals surface area contributed by atoms with E-state index in [9.17, 15) is 5.11 Å². The van der Waals surface area contributed by atoms with Crippen LogP contribution in [-0.4, -0.2) is 5.11 Å². The van der Waals surface area contributed by atoms with Gasteiger partial charge in [-0.1, -0.05) is 61.5 Å². The summed E-state index contributed by atoms with van der Waals surface area (Å²) in [5.74, 6) is 0.345. The number of para-hydroxylation sites is 1. The monoisotopic (exact) mass is 277 g/mol. The Morgan fingerprint density at radius 3 is 2.43 bits per heavy atom. The Morgan fingerprint density at radius 2 is 1.62 bits per heavy atom. The first-order chi connectivity index (χ1) is 10.3. The molecule has 2 N–H and O–H groups in total.